The van der Waals surface area contributed by atoms with Crippen molar-refractivity contribution in [3.8, 4) is 11.4 Å². The van der Waals surface area contributed by atoms with Crippen LogP contribution >= 0.6 is 0 Å². The van der Waals surface area contributed by atoms with Gasteiger partial charge in [0.25, 0.3) is 0 Å². The monoisotopic (exact) mass is 400 g/mol. The summed E-state index contributed by atoms with van der Waals surface area (Å²) in [6.45, 7) is 4.06. The van der Waals surface area contributed by atoms with Gasteiger partial charge in [-0.15, -0.1) is 0 Å². The van der Waals surface area contributed by atoms with Crippen LogP contribution in [-0.4, -0.2) is 18.4 Å². The first-order valence-corrected chi connectivity index (χ1v) is 11.0. The predicted molar refractivity (Wildman–Crippen MR) is 117 cm³/mol. The van der Waals surface area contributed by atoms with Gasteiger partial charge in [-0.1, -0.05) is 42.5 Å². The van der Waals surface area contributed by atoms with E-state index in [-0.39, 0.29) is 0 Å². The van der Waals surface area contributed by atoms with Crippen molar-refractivity contribution in [2.45, 2.75) is 23.6 Å². The molecule has 0 aliphatic carbocycles. The normalized spacial score (nSPS) is 12.1. The van der Waals surface area contributed by atoms with Crippen LogP contribution in [0.5, 0.6) is 0 Å². The van der Waals surface area contributed by atoms with E-state index in [2.05, 4.69) is 29.0 Å². The van der Waals surface area contributed by atoms with Crippen LogP contribution in [0.15, 0.2) is 82.6 Å². The lowest BCUT2D eigenvalue weighted by Crippen LogP contribution is -2.02. The van der Waals surface area contributed by atoms with Gasteiger partial charge >= 0.3 is 0 Å². The molecule has 0 fully saturated rings. The number of para-hydroxylation sites is 1. The molecule has 0 spiro atoms. The molecule has 0 saturated carbocycles. The second-order valence-corrected chi connectivity index (χ2v) is 9.21. The molecule has 5 heteroatoms. The van der Waals surface area contributed by atoms with Gasteiger partial charge in [0.05, 0.1) is 21.2 Å². The molecule has 2 N–H and O–H groups in total. The van der Waals surface area contributed by atoms with Gasteiger partial charge in [-0.2, -0.15) is 0 Å². The Hall–Kier alpha value is -3.31. The van der Waals surface area contributed by atoms with Gasteiger partial charge in [0.15, 0.2) is 0 Å². The Kier molecular flexibility index (Phi) is 3.89. The molecular formula is C24H20N2O2S. The average Bonchev–Trinajstić information content (AvgIpc) is 3.26. The van der Waals surface area contributed by atoms with E-state index in [9.17, 15) is 8.42 Å². The maximum absolute atomic E-state index is 13.3. The van der Waals surface area contributed by atoms with Gasteiger partial charge in [-0.05, 0) is 55.3 Å². The zero-order valence-corrected chi connectivity index (χ0v) is 17.0. The highest BCUT2D eigenvalue weighted by Crippen LogP contribution is 2.38. The summed E-state index contributed by atoms with van der Waals surface area (Å²) < 4.78 is 26.7. The molecular weight excluding hydrogens is 380 g/mol. The smallest absolute Gasteiger partial charge is 0.207 e. The van der Waals surface area contributed by atoms with Crippen LogP contribution in [0.1, 0.15) is 11.1 Å². The van der Waals surface area contributed by atoms with E-state index in [1.807, 2.05) is 31.2 Å². The SMILES string of the molecule is Cc1c(-c2[nH]c3cccc(S(=O)(=O)c4ccccc4)c3c2C)[nH]c2ccccc12. The van der Waals surface area contributed by atoms with E-state index >= 15 is 0 Å². The summed E-state index contributed by atoms with van der Waals surface area (Å²) in [4.78, 5) is 7.57. The number of hydrogen-bond donors (Lipinski definition) is 2. The van der Waals surface area contributed by atoms with Gasteiger partial charge < -0.3 is 9.97 Å². The molecule has 0 saturated heterocycles. The molecule has 29 heavy (non-hydrogen) atoms. The first-order valence-electron chi connectivity index (χ1n) is 9.47. The summed E-state index contributed by atoms with van der Waals surface area (Å²) in [6, 6.07) is 22.2. The van der Waals surface area contributed by atoms with E-state index < -0.39 is 9.84 Å². The Balaban J connectivity index is 1.79. The maximum Gasteiger partial charge on any atom is 0.207 e. The number of benzene rings is 3. The molecule has 2 aromatic heterocycles. The minimum atomic E-state index is -3.62. The zero-order valence-electron chi connectivity index (χ0n) is 16.2. The number of aromatic nitrogens is 2. The molecule has 5 aromatic rings. The standard InChI is InChI=1S/C24H20N2O2S/c1-15-18-11-6-7-12-19(18)25-23(15)24-16(2)22-20(26-24)13-8-14-21(22)29(27,28)17-9-4-3-5-10-17/h3-14,25-26H,1-2H3. The molecule has 0 bridgehead atoms. The first kappa shape index (κ1) is 17.8. The minimum Gasteiger partial charge on any atom is -0.353 e. The van der Waals surface area contributed by atoms with Crippen LogP contribution < -0.4 is 0 Å². The largest absolute Gasteiger partial charge is 0.353 e. The average molecular weight is 401 g/mol. The van der Waals surface area contributed by atoms with Crippen LogP contribution in [0.25, 0.3) is 33.2 Å². The topological polar surface area (TPSA) is 65.7 Å². The quantitative estimate of drug-likeness (QED) is 0.404. The van der Waals surface area contributed by atoms with Gasteiger partial charge in [-0.25, -0.2) is 8.42 Å². The predicted octanol–water partition coefficient (Wildman–Crippen LogP) is 5.77. The summed E-state index contributed by atoms with van der Waals surface area (Å²) in [6.07, 6.45) is 0. The Labute approximate surface area is 169 Å². The van der Waals surface area contributed by atoms with Crippen molar-refractivity contribution in [3.05, 3.63) is 83.9 Å². The van der Waals surface area contributed by atoms with E-state index in [4.69, 9.17) is 0 Å². The highest BCUT2D eigenvalue weighted by Gasteiger charge is 2.24. The maximum atomic E-state index is 13.3. The molecule has 0 radical (unpaired) electrons. The fourth-order valence-corrected chi connectivity index (χ4v) is 5.67. The van der Waals surface area contributed by atoms with Crippen molar-refractivity contribution < 1.29 is 8.42 Å². The summed E-state index contributed by atoms with van der Waals surface area (Å²) in [5, 5.41) is 1.90. The first-order chi connectivity index (χ1) is 14.0. The van der Waals surface area contributed by atoms with Gasteiger partial charge in [0.1, 0.15) is 0 Å². The molecule has 0 amide bonds. The van der Waals surface area contributed by atoms with Gasteiger partial charge in [0, 0.05) is 21.8 Å². The molecule has 5 rings (SSSR count). The fraction of sp³-hybridized carbons (Fsp3) is 0.0833. The third kappa shape index (κ3) is 2.62. The molecule has 0 aliphatic rings. The Morgan fingerprint density at radius 3 is 2.03 bits per heavy atom. The van der Waals surface area contributed by atoms with E-state index in [1.54, 1.807) is 36.4 Å². The molecule has 3 aromatic carbocycles. The van der Waals surface area contributed by atoms with Crippen LogP contribution in [0.3, 0.4) is 0 Å². The number of fused-ring (bicyclic) bond motifs is 2. The number of rotatable bonds is 3. The van der Waals surface area contributed by atoms with Crippen molar-refractivity contribution >= 4 is 31.6 Å². The summed E-state index contributed by atoms with van der Waals surface area (Å²) in [7, 11) is -3.62. The molecule has 2 heterocycles. The van der Waals surface area contributed by atoms with Crippen molar-refractivity contribution in [1.82, 2.24) is 9.97 Å². The van der Waals surface area contributed by atoms with Crippen LogP contribution in [0.2, 0.25) is 0 Å². The van der Waals surface area contributed by atoms with E-state index in [0.717, 1.165) is 44.3 Å². The van der Waals surface area contributed by atoms with Crippen LogP contribution in [0, 0.1) is 13.8 Å². The minimum absolute atomic E-state index is 0.302. The molecule has 0 atom stereocenters. The summed E-state index contributed by atoms with van der Waals surface area (Å²) in [5.74, 6) is 0. The highest BCUT2D eigenvalue weighted by atomic mass is 32.2. The molecule has 144 valence electrons. The number of hydrogen-bond acceptors (Lipinski definition) is 2. The van der Waals surface area contributed by atoms with Gasteiger partial charge in [0.2, 0.25) is 9.84 Å². The highest BCUT2D eigenvalue weighted by molar-refractivity contribution is 7.91. The number of aromatic amines is 2. The number of H-pyrrole nitrogens is 2. The lowest BCUT2D eigenvalue weighted by atomic mass is 10.1. The summed E-state index contributed by atoms with van der Waals surface area (Å²) >= 11 is 0. The summed E-state index contributed by atoms with van der Waals surface area (Å²) in [5.41, 5.74) is 5.85. The molecule has 4 nitrogen and oxygen atoms in total. The van der Waals surface area contributed by atoms with Crippen LogP contribution in [-0.2, 0) is 9.84 Å². The van der Waals surface area contributed by atoms with E-state index in [0.29, 0.717) is 9.79 Å². The lowest BCUT2D eigenvalue weighted by Gasteiger charge is -2.07. The van der Waals surface area contributed by atoms with Crippen LogP contribution in [0.4, 0.5) is 0 Å². The van der Waals surface area contributed by atoms with Crippen molar-refractivity contribution in [2.24, 2.45) is 0 Å². The fourth-order valence-electron chi connectivity index (χ4n) is 4.11. The third-order valence-electron chi connectivity index (χ3n) is 5.59. The van der Waals surface area contributed by atoms with Crippen molar-refractivity contribution in [2.75, 3.05) is 0 Å². The number of nitrogens with one attached hydrogen (secondary N) is 2. The number of sulfone groups is 1. The lowest BCUT2D eigenvalue weighted by molar-refractivity contribution is 0.597. The Morgan fingerprint density at radius 2 is 1.28 bits per heavy atom. The second-order valence-electron chi connectivity index (χ2n) is 7.29. The van der Waals surface area contributed by atoms with E-state index in [1.165, 1.54) is 0 Å². The Bertz CT molecular complexity index is 1480. The molecule has 0 aliphatic heterocycles. The molecule has 0 unspecified atom stereocenters. The Morgan fingerprint density at radius 1 is 0.655 bits per heavy atom. The van der Waals surface area contributed by atoms with Crippen molar-refractivity contribution in [3.63, 3.8) is 0 Å². The second kappa shape index (κ2) is 6.36. The van der Waals surface area contributed by atoms with Crippen molar-refractivity contribution in [1.29, 1.82) is 0 Å². The van der Waals surface area contributed by atoms with Gasteiger partial charge in [-0.3, -0.25) is 0 Å². The third-order valence-corrected chi connectivity index (χ3v) is 7.41. The number of aryl methyl sites for hydroxylation is 2. The zero-order chi connectivity index (χ0) is 20.2.